The second-order valence-corrected chi connectivity index (χ2v) is 7.43. The molecule has 27 heavy (non-hydrogen) atoms. The molecule has 0 aliphatic carbocycles. The molecule has 1 aromatic rings. The molecule has 0 unspecified atom stereocenters. The fraction of sp³-hybridized carbons (Fsp3) is 0.667. The summed E-state index contributed by atoms with van der Waals surface area (Å²) >= 11 is 0. The lowest BCUT2D eigenvalue weighted by Crippen LogP contribution is -2.38. The molecule has 6 heteroatoms. The zero-order valence-corrected chi connectivity index (χ0v) is 18.8. The van der Waals surface area contributed by atoms with E-state index in [1.165, 1.54) is 57.2 Å². The molecule has 0 radical (unpaired) electrons. The van der Waals surface area contributed by atoms with Gasteiger partial charge < -0.3 is 15.4 Å². The lowest BCUT2D eigenvalue weighted by atomic mass is 10.1. The van der Waals surface area contributed by atoms with Crippen LogP contribution < -0.4 is 10.5 Å². The monoisotopic (exact) mass is 486 g/mol. The number of rotatable bonds is 7. The largest absolute Gasteiger partial charge is 0.492 e. The van der Waals surface area contributed by atoms with Crippen LogP contribution in [0.3, 0.4) is 0 Å². The van der Waals surface area contributed by atoms with Gasteiger partial charge in [0.15, 0.2) is 5.96 Å². The van der Waals surface area contributed by atoms with E-state index in [0.29, 0.717) is 5.96 Å². The van der Waals surface area contributed by atoms with Gasteiger partial charge in [0.25, 0.3) is 0 Å². The van der Waals surface area contributed by atoms with Crippen LogP contribution in [-0.4, -0.2) is 61.6 Å². The van der Waals surface area contributed by atoms with E-state index >= 15 is 0 Å². The Labute approximate surface area is 181 Å². The predicted molar refractivity (Wildman–Crippen MR) is 123 cm³/mol. The molecule has 0 atom stereocenters. The molecule has 2 saturated heterocycles. The normalized spacial score (nSPS) is 18.8. The Kier molecular flexibility index (Phi) is 10.3. The molecular weight excluding hydrogens is 451 g/mol. The first kappa shape index (κ1) is 22.3. The molecule has 2 fully saturated rings. The van der Waals surface area contributed by atoms with Crippen molar-refractivity contribution in [1.29, 1.82) is 0 Å². The minimum absolute atomic E-state index is 0. The molecule has 5 nitrogen and oxygen atoms in total. The molecule has 2 N–H and O–H groups in total. The number of aliphatic imine (C=N–C) groups is 1. The van der Waals surface area contributed by atoms with Gasteiger partial charge in [-0.25, -0.2) is 0 Å². The van der Waals surface area contributed by atoms with E-state index in [2.05, 4.69) is 39.1 Å². The number of likely N-dealkylation sites (tertiary alicyclic amines) is 2. The zero-order chi connectivity index (χ0) is 18.0. The third-order valence-corrected chi connectivity index (χ3v) is 5.40. The molecule has 2 aliphatic rings. The van der Waals surface area contributed by atoms with E-state index < -0.39 is 0 Å². The van der Waals surface area contributed by atoms with Gasteiger partial charge in [-0.1, -0.05) is 25.0 Å². The molecule has 2 heterocycles. The number of hydrogen-bond donors (Lipinski definition) is 1. The first-order valence-electron chi connectivity index (χ1n) is 10.3. The van der Waals surface area contributed by atoms with Crippen LogP contribution in [-0.2, 0) is 6.42 Å². The number of ether oxygens (including phenoxy) is 1. The maximum atomic E-state index is 6.16. The molecule has 3 rings (SSSR count). The summed E-state index contributed by atoms with van der Waals surface area (Å²) in [6.45, 7) is 7.12. The molecule has 0 amide bonds. The topological polar surface area (TPSA) is 54.1 Å². The standard InChI is InChI=1S/C21H34N4O.HI/c22-21(25-15-3-1-2-4-16-25)23-12-11-19-7-9-20(10-8-19)26-18-17-24-13-5-6-14-24;/h7-10H,1-6,11-18H2,(H2,22,23);1H. The summed E-state index contributed by atoms with van der Waals surface area (Å²) < 4.78 is 5.86. The Hall–Kier alpha value is -1.02. The van der Waals surface area contributed by atoms with Crippen molar-refractivity contribution in [1.82, 2.24) is 9.80 Å². The zero-order valence-electron chi connectivity index (χ0n) is 16.4. The van der Waals surface area contributed by atoms with Crippen molar-refractivity contribution in [3.8, 4) is 5.75 Å². The Balaban J connectivity index is 0.00000261. The van der Waals surface area contributed by atoms with E-state index in [4.69, 9.17) is 10.5 Å². The minimum Gasteiger partial charge on any atom is -0.492 e. The summed E-state index contributed by atoms with van der Waals surface area (Å²) in [6.07, 6.45) is 8.68. The van der Waals surface area contributed by atoms with Crippen LogP contribution in [0.15, 0.2) is 29.3 Å². The first-order chi connectivity index (χ1) is 12.8. The third kappa shape index (κ3) is 7.86. The molecule has 0 bridgehead atoms. The lowest BCUT2D eigenvalue weighted by Gasteiger charge is -2.21. The van der Waals surface area contributed by atoms with Gasteiger partial charge in [0, 0.05) is 26.2 Å². The SMILES string of the molecule is I.NC(=NCCc1ccc(OCCN2CCCC2)cc1)N1CCCCCC1. The first-order valence-corrected chi connectivity index (χ1v) is 10.3. The summed E-state index contributed by atoms with van der Waals surface area (Å²) in [5.74, 6) is 1.68. The Morgan fingerprint density at radius 2 is 1.56 bits per heavy atom. The molecule has 0 spiro atoms. The fourth-order valence-corrected chi connectivity index (χ4v) is 3.75. The van der Waals surface area contributed by atoms with Crippen molar-refractivity contribution in [2.24, 2.45) is 10.7 Å². The summed E-state index contributed by atoms with van der Waals surface area (Å²) in [4.78, 5) is 9.30. The van der Waals surface area contributed by atoms with Gasteiger partial charge in [0.05, 0.1) is 0 Å². The number of nitrogens with two attached hydrogens (primary N) is 1. The molecule has 0 saturated carbocycles. The van der Waals surface area contributed by atoms with E-state index in [9.17, 15) is 0 Å². The predicted octanol–water partition coefficient (Wildman–Crippen LogP) is 3.51. The van der Waals surface area contributed by atoms with Gasteiger partial charge in [-0.3, -0.25) is 9.89 Å². The van der Waals surface area contributed by atoms with Crippen molar-refractivity contribution in [2.75, 3.05) is 45.9 Å². The minimum atomic E-state index is 0. The smallest absolute Gasteiger partial charge is 0.191 e. The highest BCUT2D eigenvalue weighted by Crippen LogP contribution is 2.14. The van der Waals surface area contributed by atoms with Crippen molar-refractivity contribution in [3.63, 3.8) is 0 Å². The van der Waals surface area contributed by atoms with Crippen LogP contribution in [0.4, 0.5) is 0 Å². The van der Waals surface area contributed by atoms with E-state index in [-0.39, 0.29) is 24.0 Å². The molecular formula is C21H35IN4O. The maximum Gasteiger partial charge on any atom is 0.191 e. The summed E-state index contributed by atoms with van der Waals surface area (Å²) in [6, 6.07) is 8.42. The summed E-state index contributed by atoms with van der Waals surface area (Å²) in [5, 5.41) is 0. The van der Waals surface area contributed by atoms with Gasteiger partial charge in [-0.05, 0) is 62.9 Å². The van der Waals surface area contributed by atoms with Gasteiger partial charge in [0.1, 0.15) is 12.4 Å². The number of benzene rings is 1. The Morgan fingerprint density at radius 3 is 2.22 bits per heavy atom. The van der Waals surface area contributed by atoms with Crippen molar-refractivity contribution < 1.29 is 4.74 Å². The lowest BCUT2D eigenvalue weighted by molar-refractivity contribution is 0.238. The Bertz CT molecular complexity index is 550. The quantitative estimate of drug-likeness (QED) is 0.364. The molecule has 2 aliphatic heterocycles. The van der Waals surface area contributed by atoms with Crippen LogP contribution in [0.5, 0.6) is 5.75 Å². The third-order valence-electron chi connectivity index (χ3n) is 5.40. The molecule has 152 valence electrons. The van der Waals surface area contributed by atoms with Crippen molar-refractivity contribution in [2.45, 2.75) is 44.9 Å². The maximum absolute atomic E-state index is 6.16. The average molecular weight is 486 g/mol. The van der Waals surface area contributed by atoms with E-state index in [1.807, 2.05) is 0 Å². The van der Waals surface area contributed by atoms with Gasteiger partial charge in [-0.2, -0.15) is 0 Å². The number of guanidine groups is 1. The second kappa shape index (κ2) is 12.4. The highest BCUT2D eigenvalue weighted by atomic mass is 127. The molecule has 0 aromatic heterocycles. The van der Waals surface area contributed by atoms with E-state index in [1.54, 1.807) is 0 Å². The van der Waals surface area contributed by atoms with Crippen LogP contribution in [0, 0.1) is 0 Å². The number of hydrogen-bond acceptors (Lipinski definition) is 3. The van der Waals surface area contributed by atoms with E-state index in [0.717, 1.165) is 45.0 Å². The van der Waals surface area contributed by atoms with Crippen LogP contribution >= 0.6 is 24.0 Å². The van der Waals surface area contributed by atoms with Crippen LogP contribution in [0.1, 0.15) is 44.1 Å². The number of nitrogens with zero attached hydrogens (tertiary/aromatic N) is 3. The Morgan fingerprint density at radius 1 is 0.926 bits per heavy atom. The van der Waals surface area contributed by atoms with Crippen LogP contribution in [0.2, 0.25) is 0 Å². The molecule has 1 aromatic carbocycles. The van der Waals surface area contributed by atoms with Gasteiger partial charge in [0.2, 0.25) is 0 Å². The highest BCUT2D eigenvalue weighted by molar-refractivity contribution is 14.0. The van der Waals surface area contributed by atoms with Crippen LogP contribution in [0.25, 0.3) is 0 Å². The fourth-order valence-electron chi connectivity index (χ4n) is 3.75. The average Bonchev–Trinajstić information content (AvgIpc) is 3.02. The number of halogens is 1. The summed E-state index contributed by atoms with van der Waals surface area (Å²) in [7, 11) is 0. The van der Waals surface area contributed by atoms with Gasteiger partial charge in [-0.15, -0.1) is 24.0 Å². The van der Waals surface area contributed by atoms with Crippen molar-refractivity contribution in [3.05, 3.63) is 29.8 Å². The second-order valence-electron chi connectivity index (χ2n) is 7.43. The van der Waals surface area contributed by atoms with Gasteiger partial charge >= 0.3 is 0 Å². The summed E-state index contributed by atoms with van der Waals surface area (Å²) in [5.41, 5.74) is 7.45. The van der Waals surface area contributed by atoms with Crippen molar-refractivity contribution >= 4 is 29.9 Å². The highest BCUT2D eigenvalue weighted by Gasteiger charge is 2.11.